The van der Waals surface area contributed by atoms with Crippen molar-refractivity contribution in [3.05, 3.63) is 0 Å². The second-order valence-electron chi connectivity index (χ2n) is 2.92. The van der Waals surface area contributed by atoms with Crippen LogP contribution in [0.25, 0.3) is 0 Å². The number of ether oxygens (including phenoxy) is 2. The summed E-state index contributed by atoms with van der Waals surface area (Å²) < 4.78 is 9.82. The van der Waals surface area contributed by atoms with E-state index in [2.05, 4.69) is 0 Å². The summed E-state index contributed by atoms with van der Waals surface area (Å²) in [7, 11) is 0. The number of hydrogen-bond acceptors (Lipinski definition) is 3. The van der Waals surface area contributed by atoms with Crippen molar-refractivity contribution < 1.29 is 14.3 Å². The lowest BCUT2D eigenvalue weighted by atomic mass is 10.3. The second kappa shape index (κ2) is 5.86. The number of hydrogen-bond donors (Lipinski definition) is 0. The van der Waals surface area contributed by atoms with Crippen LogP contribution in [0, 0.1) is 0 Å². The normalized spacial score (nSPS) is 15.0. The Bertz CT molecular complexity index is 120. The third-order valence-electron chi connectivity index (χ3n) is 1.74. The van der Waals surface area contributed by atoms with Gasteiger partial charge in [-0.05, 0) is 26.7 Å². The lowest BCUT2D eigenvalue weighted by Gasteiger charge is -2.14. The van der Waals surface area contributed by atoms with Gasteiger partial charge >= 0.3 is 6.16 Å². The van der Waals surface area contributed by atoms with Crippen LogP contribution in [0.15, 0.2) is 0 Å². The highest BCUT2D eigenvalue weighted by Gasteiger charge is 2.11. The molecule has 0 aliphatic rings. The van der Waals surface area contributed by atoms with Crippen molar-refractivity contribution in [2.75, 3.05) is 0 Å². The molecule has 3 heteroatoms. The van der Waals surface area contributed by atoms with Crippen molar-refractivity contribution in [2.45, 2.75) is 52.7 Å². The van der Waals surface area contributed by atoms with Gasteiger partial charge in [0.1, 0.15) is 12.2 Å². The lowest BCUT2D eigenvalue weighted by molar-refractivity contribution is 0.00599. The lowest BCUT2D eigenvalue weighted by Crippen LogP contribution is -2.19. The summed E-state index contributed by atoms with van der Waals surface area (Å²) in [6.45, 7) is 7.61. The molecule has 0 N–H and O–H groups in total. The van der Waals surface area contributed by atoms with Crippen molar-refractivity contribution >= 4 is 6.16 Å². The highest BCUT2D eigenvalue weighted by molar-refractivity contribution is 5.60. The first kappa shape index (κ1) is 11.3. The van der Waals surface area contributed by atoms with Gasteiger partial charge in [0.05, 0.1) is 0 Å². The first-order chi connectivity index (χ1) is 5.60. The molecule has 12 heavy (non-hydrogen) atoms. The minimum atomic E-state index is -0.557. The standard InChI is InChI=1S/C9H18O3/c1-5-7(3)11-9(10)12-8(4)6-2/h7-8H,5-6H2,1-4H3/t7-,8-/m1/s1. The van der Waals surface area contributed by atoms with Gasteiger partial charge in [-0.2, -0.15) is 0 Å². The summed E-state index contributed by atoms with van der Waals surface area (Å²) in [5.41, 5.74) is 0. The monoisotopic (exact) mass is 174 g/mol. The van der Waals surface area contributed by atoms with E-state index in [-0.39, 0.29) is 12.2 Å². The third kappa shape index (κ3) is 4.99. The number of rotatable bonds is 4. The maximum absolute atomic E-state index is 10.9. The number of carbonyl (C=O) groups excluding carboxylic acids is 1. The van der Waals surface area contributed by atoms with Crippen LogP contribution in [-0.4, -0.2) is 18.4 Å². The van der Waals surface area contributed by atoms with Crippen LogP contribution in [0.4, 0.5) is 4.79 Å². The Hall–Kier alpha value is -0.730. The van der Waals surface area contributed by atoms with E-state index in [1.165, 1.54) is 0 Å². The van der Waals surface area contributed by atoms with Crippen LogP contribution in [0.3, 0.4) is 0 Å². The molecule has 0 bridgehead atoms. The van der Waals surface area contributed by atoms with E-state index < -0.39 is 6.16 Å². The summed E-state index contributed by atoms with van der Waals surface area (Å²) in [5.74, 6) is 0. The molecule has 0 fully saturated rings. The van der Waals surface area contributed by atoms with Gasteiger partial charge in [-0.25, -0.2) is 4.79 Å². The molecule has 0 aliphatic heterocycles. The Labute approximate surface area is 74.0 Å². The van der Waals surface area contributed by atoms with E-state index in [1.54, 1.807) is 0 Å². The predicted molar refractivity (Wildman–Crippen MR) is 47.1 cm³/mol. The van der Waals surface area contributed by atoms with Gasteiger partial charge in [0, 0.05) is 0 Å². The molecular formula is C9H18O3. The summed E-state index contributed by atoms with van der Waals surface area (Å²) in [5, 5.41) is 0. The summed E-state index contributed by atoms with van der Waals surface area (Å²) in [6, 6.07) is 0. The quantitative estimate of drug-likeness (QED) is 0.615. The molecular weight excluding hydrogens is 156 g/mol. The van der Waals surface area contributed by atoms with Crippen molar-refractivity contribution in [3.63, 3.8) is 0 Å². The predicted octanol–water partition coefficient (Wildman–Crippen LogP) is 2.74. The molecule has 72 valence electrons. The van der Waals surface area contributed by atoms with Crippen LogP contribution in [-0.2, 0) is 9.47 Å². The van der Waals surface area contributed by atoms with Gasteiger partial charge in [-0.1, -0.05) is 13.8 Å². The van der Waals surface area contributed by atoms with Crippen LogP contribution < -0.4 is 0 Å². The van der Waals surface area contributed by atoms with Gasteiger partial charge < -0.3 is 9.47 Å². The SMILES string of the molecule is CC[C@@H](C)OC(=O)O[C@H](C)CC. The minimum Gasteiger partial charge on any atom is -0.431 e. The molecule has 0 saturated carbocycles. The van der Waals surface area contributed by atoms with E-state index in [1.807, 2.05) is 27.7 Å². The Morgan fingerprint density at radius 2 is 1.42 bits per heavy atom. The highest BCUT2D eigenvalue weighted by atomic mass is 16.7. The highest BCUT2D eigenvalue weighted by Crippen LogP contribution is 2.02. The molecule has 0 radical (unpaired) electrons. The third-order valence-corrected chi connectivity index (χ3v) is 1.74. The van der Waals surface area contributed by atoms with Crippen LogP contribution in [0.5, 0.6) is 0 Å². The molecule has 0 unspecified atom stereocenters. The molecule has 0 aromatic heterocycles. The van der Waals surface area contributed by atoms with Gasteiger partial charge in [-0.3, -0.25) is 0 Å². The van der Waals surface area contributed by atoms with Crippen molar-refractivity contribution in [1.29, 1.82) is 0 Å². The zero-order valence-electron chi connectivity index (χ0n) is 8.29. The fourth-order valence-electron chi connectivity index (χ4n) is 0.523. The second-order valence-corrected chi connectivity index (χ2v) is 2.92. The molecule has 0 amide bonds. The fraction of sp³-hybridized carbons (Fsp3) is 0.889. The topological polar surface area (TPSA) is 35.5 Å². The Kier molecular flexibility index (Phi) is 5.51. The molecule has 0 aromatic rings. The zero-order chi connectivity index (χ0) is 9.56. The molecule has 0 heterocycles. The van der Waals surface area contributed by atoms with E-state index in [0.717, 1.165) is 12.8 Å². The molecule has 0 saturated heterocycles. The summed E-state index contributed by atoms with van der Waals surface area (Å²) in [4.78, 5) is 10.9. The summed E-state index contributed by atoms with van der Waals surface area (Å²) in [6.07, 6.45) is 0.965. The van der Waals surface area contributed by atoms with Gasteiger partial charge in [0.25, 0.3) is 0 Å². The molecule has 0 rings (SSSR count). The average Bonchev–Trinajstić information content (AvgIpc) is 2.03. The van der Waals surface area contributed by atoms with Crippen molar-refractivity contribution in [1.82, 2.24) is 0 Å². The van der Waals surface area contributed by atoms with E-state index in [9.17, 15) is 4.79 Å². The smallest absolute Gasteiger partial charge is 0.431 e. The Morgan fingerprint density at radius 1 is 1.08 bits per heavy atom. The van der Waals surface area contributed by atoms with Crippen molar-refractivity contribution in [2.24, 2.45) is 0 Å². The molecule has 0 spiro atoms. The molecule has 2 atom stereocenters. The van der Waals surface area contributed by atoms with Crippen molar-refractivity contribution in [3.8, 4) is 0 Å². The van der Waals surface area contributed by atoms with Gasteiger partial charge in [0.15, 0.2) is 0 Å². The molecule has 0 aromatic carbocycles. The van der Waals surface area contributed by atoms with Crippen LogP contribution >= 0.6 is 0 Å². The fourth-order valence-corrected chi connectivity index (χ4v) is 0.523. The first-order valence-electron chi connectivity index (χ1n) is 4.47. The van der Waals surface area contributed by atoms with Crippen LogP contribution in [0.2, 0.25) is 0 Å². The Morgan fingerprint density at radius 3 is 1.67 bits per heavy atom. The maximum Gasteiger partial charge on any atom is 0.508 e. The number of carbonyl (C=O) groups is 1. The average molecular weight is 174 g/mol. The zero-order valence-corrected chi connectivity index (χ0v) is 8.29. The maximum atomic E-state index is 10.9. The van der Waals surface area contributed by atoms with E-state index in [0.29, 0.717) is 0 Å². The largest absolute Gasteiger partial charge is 0.508 e. The van der Waals surface area contributed by atoms with E-state index in [4.69, 9.17) is 9.47 Å². The Balaban J connectivity index is 3.59. The first-order valence-corrected chi connectivity index (χ1v) is 4.47. The summed E-state index contributed by atoms with van der Waals surface area (Å²) >= 11 is 0. The molecule has 0 aliphatic carbocycles. The minimum absolute atomic E-state index is 0.0541. The van der Waals surface area contributed by atoms with Gasteiger partial charge in [-0.15, -0.1) is 0 Å². The van der Waals surface area contributed by atoms with E-state index >= 15 is 0 Å². The van der Waals surface area contributed by atoms with Crippen LogP contribution in [0.1, 0.15) is 40.5 Å². The van der Waals surface area contributed by atoms with Gasteiger partial charge in [0.2, 0.25) is 0 Å². The molecule has 3 nitrogen and oxygen atoms in total.